The van der Waals surface area contributed by atoms with Crippen molar-refractivity contribution in [1.82, 2.24) is 0 Å². The monoisotopic (exact) mass is 418 g/mol. The van der Waals surface area contributed by atoms with Gasteiger partial charge in [-0.15, -0.1) is 0 Å². The fourth-order valence-electron chi connectivity index (χ4n) is 7.53. The first-order chi connectivity index (χ1) is 14.3. The van der Waals surface area contributed by atoms with Crippen molar-refractivity contribution in [3.63, 3.8) is 0 Å². The summed E-state index contributed by atoms with van der Waals surface area (Å²) in [5.41, 5.74) is -0.0998. The Bertz CT molecular complexity index is 650. The van der Waals surface area contributed by atoms with E-state index in [-0.39, 0.29) is 23.2 Å². The smallest absolute Gasteiger partial charge is 0.177 e. The van der Waals surface area contributed by atoms with E-state index in [0.29, 0.717) is 31.0 Å². The third kappa shape index (κ3) is 3.45. The fraction of sp³-hybridized carbons (Fsp3) is 0.923. The maximum Gasteiger partial charge on any atom is 0.177 e. The van der Waals surface area contributed by atoms with Gasteiger partial charge in [-0.2, -0.15) is 0 Å². The second-order valence-corrected chi connectivity index (χ2v) is 11.1. The fourth-order valence-corrected chi connectivity index (χ4v) is 7.53. The molecule has 0 aromatic carbocycles. The molecule has 1 unspecified atom stereocenters. The standard InChI is InChI=1S/C26H42O4/c1-17(2)16-21-24-20(10-11-22(27)19-8-6-5-7-9-19)23(28)12-13-25(24,18(3)4)26(21)29-14-15-30-26/h17-24,27-28H,5-9,12-16H2,1-4H3/t20-,21?,22-,23+,24-,25+/m1/s1. The van der Waals surface area contributed by atoms with Crippen molar-refractivity contribution < 1.29 is 19.7 Å². The Morgan fingerprint density at radius 1 is 1.00 bits per heavy atom. The van der Waals surface area contributed by atoms with Crippen LogP contribution in [0.25, 0.3) is 0 Å². The molecule has 30 heavy (non-hydrogen) atoms. The molecule has 3 aliphatic carbocycles. The van der Waals surface area contributed by atoms with Crippen LogP contribution < -0.4 is 0 Å². The Balaban J connectivity index is 1.65. The Labute approximate surface area is 183 Å². The van der Waals surface area contributed by atoms with Crippen LogP contribution >= 0.6 is 0 Å². The van der Waals surface area contributed by atoms with Gasteiger partial charge in [-0.05, 0) is 55.8 Å². The molecule has 4 rings (SSSR count). The Kier molecular flexibility index (Phi) is 6.58. The van der Waals surface area contributed by atoms with Gasteiger partial charge in [0.1, 0.15) is 6.10 Å². The molecule has 2 N–H and O–H groups in total. The van der Waals surface area contributed by atoms with Gasteiger partial charge in [0.2, 0.25) is 0 Å². The third-order valence-corrected chi connectivity index (χ3v) is 8.79. The average Bonchev–Trinajstić information content (AvgIpc) is 3.24. The second kappa shape index (κ2) is 8.74. The normalized spacial score (nSPS) is 39.5. The van der Waals surface area contributed by atoms with Gasteiger partial charge in [0, 0.05) is 11.3 Å². The molecule has 0 amide bonds. The highest BCUT2D eigenvalue weighted by molar-refractivity contribution is 5.26. The van der Waals surface area contributed by atoms with Crippen LogP contribution in [0.15, 0.2) is 0 Å². The lowest BCUT2D eigenvalue weighted by Gasteiger charge is -2.72. The van der Waals surface area contributed by atoms with Crippen LogP contribution in [-0.2, 0) is 9.47 Å². The van der Waals surface area contributed by atoms with Gasteiger partial charge in [0.05, 0.1) is 25.2 Å². The molecule has 1 heterocycles. The first kappa shape index (κ1) is 22.6. The molecule has 170 valence electrons. The quantitative estimate of drug-likeness (QED) is 0.665. The molecule has 1 spiro atoms. The number of fused-ring (bicyclic) bond motifs is 2. The summed E-state index contributed by atoms with van der Waals surface area (Å²) in [6, 6.07) is 0. The third-order valence-electron chi connectivity index (χ3n) is 8.79. The van der Waals surface area contributed by atoms with Gasteiger partial charge in [-0.1, -0.05) is 58.8 Å². The zero-order valence-corrected chi connectivity index (χ0v) is 19.4. The van der Waals surface area contributed by atoms with Crippen molar-refractivity contribution in [3.8, 4) is 11.8 Å². The summed E-state index contributed by atoms with van der Waals surface area (Å²) in [6.45, 7) is 10.4. The van der Waals surface area contributed by atoms with Crippen molar-refractivity contribution in [2.24, 2.45) is 40.9 Å². The first-order valence-corrected chi connectivity index (χ1v) is 12.5. The average molecular weight is 419 g/mol. The number of rotatable bonds is 4. The predicted molar refractivity (Wildman–Crippen MR) is 117 cm³/mol. The minimum atomic E-state index is -0.565. The van der Waals surface area contributed by atoms with Crippen molar-refractivity contribution in [3.05, 3.63) is 0 Å². The van der Waals surface area contributed by atoms with Gasteiger partial charge in [-0.25, -0.2) is 0 Å². The van der Waals surface area contributed by atoms with Crippen LogP contribution in [0.1, 0.15) is 79.1 Å². The maximum atomic E-state index is 11.0. The predicted octanol–water partition coefficient (Wildman–Crippen LogP) is 4.38. The molecule has 4 nitrogen and oxygen atoms in total. The van der Waals surface area contributed by atoms with E-state index in [1.807, 2.05) is 0 Å². The number of ether oxygens (including phenoxy) is 2. The van der Waals surface area contributed by atoms with Crippen molar-refractivity contribution in [2.45, 2.75) is 97.1 Å². The maximum absolute atomic E-state index is 11.0. The summed E-state index contributed by atoms with van der Waals surface area (Å²) in [5, 5.41) is 21.8. The molecule has 3 saturated carbocycles. The van der Waals surface area contributed by atoms with Crippen molar-refractivity contribution in [2.75, 3.05) is 13.2 Å². The number of hydrogen-bond acceptors (Lipinski definition) is 4. The van der Waals surface area contributed by atoms with Crippen LogP contribution in [0.2, 0.25) is 0 Å². The van der Waals surface area contributed by atoms with Crippen LogP contribution in [0.4, 0.5) is 0 Å². The van der Waals surface area contributed by atoms with E-state index in [4.69, 9.17) is 9.47 Å². The van der Waals surface area contributed by atoms with E-state index in [1.54, 1.807) is 0 Å². The first-order valence-electron chi connectivity index (χ1n) is 12.5. The Hall–Kier alpha value is -0.600. The molecule has 0 bridgehead atoms. The van der Waals surface area contributed by atoms with E-state index in [1.165, 1.54) is 19.3 Å². The molecular weight excluding hydrogens is 376 g/mol. The highest BCUT2D eigenvalue weighted by atomic mass is 16.7. The largest absolute Gasteiger partial charge is 0.392 e. The van der Waals surface area contributed by atoms with Gasteiger partial charge >= 0.3 is 0 Å². The summed E-state index contributed by atoms with van der Waals surface area (Å²) in [7, 11) is 0. The van der Waals surface area contributed by atoms with E-state index in [0.717, 1.165) is 32.1 Å². The van der Waals surface area contributed by atoms with Crippen LogP contribution in [-0.4, -0.2) is 41.4 Å². The minimum absolute atomic E-state index is 0.0998. The highest BCUT2D eigenvalue weighted by Crippen LogP contribution is 2.73. The second-order valence-electron chi connectivity index (χ2n) is 11.1. The van der Waals surface area contributed by atoms with Gasteiger partial charge in [-0.3, -0.25) is 0 Å². The summed E-state index contributed by atoms with van der Waals surface area (Å²) in [4.78, 5) is 0. The summed E-state index contributed by atoms with van der Waals surface area (Å²) in [6.07, 6.45) is 7.50. The molecule has 4 fully saturated rings. The lowest BCUT2D eigenvalue weighted by atomic mass is 9.37. The molecule has 6 atom stereocenters. The van der Waals surface area contributed by atoms with Gasteiger partial charge < -0.3 is 19.7 Å². The summed E-state index contributed by atoms with van der Waals surface area (Å²) >= 11 is 0. The molecular formula is C26H42O4. The highest BCUT2D eigenvalue weighted by Gasteiger charge is 2.78. The zero-order valence-electron chi connectivity index (χ0n) is 19.4. The molecule has 0 radical (unpaired) electrons. The topological polar surface area (TPSA) is 58.9 Å². The van der Waals surface area contributed by atoms with Gasteiger partial charge in [0.15, 0.2) is 5.79 Å². The zero-order chi connectivity index (χ0) is 21.5. The number of hydrogen-bond donors (Lipinski definition) is 2. The van der Waals surface area contributed by atoms with E-state index in [9.17, 15) is 10.2 Å². The van der Waals surface area contributed by atoms with Gasteiger partial charge in [0.25, 0.3) is 0 Å². The molecule has 1 aliphatic heterocycles. The molecule has 4 aliphatic rings. The number of aliphatic hydroxyl groups is 2. The molecule has 4 heteroatoms. The van der Waals surface area contributed by atoms with E-state index in [2.05, 4.69) is 39.5 Å². The molecule has 1 saturated heterocycles. The number of aliphatic hydroxyl groups excluding tert-OH is 2. The molecule has 0 aromatic rings. The van der Waals surface area contributed by atoms with Crippen molar-refractivity contribution >= 4 is 0 Å². The van der Waals surface area contributed by atoms with Crippen LogP contribution in [0.3, 0.4) is 0 Å². The van der Waals surface area contributed by atoms with E-state index >= 15 is 0 Å². The SMILES string of the molecule is CC(C)CC1[C@H]2[C@H](C#C[C@@H](O)C3CCCCC3)[C@@H](O)CC[C@@]2(C(C)C)C12OCCO2. The van der Waals surface area contributed by atoms with Crippen LogP contribution in [0.5, 0.6) is 0 Å². The lowest BCUT2D eigenvalue weighted by molar-refractivity contribution is -0.405. The Morgan fingerprint density at radius 3 is 2.27 bits per heavy atom. The Morgan fingerprint density at radius 2 is 1.67 bits per heavy atom. The summed E-state index contributed by atoms with van der Waals surface area (Å²) < 4.78 is 12.9. The minimum Gasteiger partial charge on any atom is -0.392 e. The van der Waals surface area contributed by atoms with E-state index < -0.39 is 18.0 Å². The van der Waals surface area contributed by atoms with Crippen LogP contribution in [0, 0.1) is 52.8 Å². The van der Waals surface area contributed by atoms with Crippen molar-refractivity contribution in [1.29, 1.82) is 0 Å². The molecule has 0 aromatic heterocycles. The lowest BCUT2D eigenvalue weighted by Crippen LogP contribution is -2.77. The summed E-state index contributed by atoms with van der Waals surface area (Å²) in [5.74, 6) is 7.74.